The fraction of sp³-hybridized carbons (Fsp3) is 0.714. The zero-order chi connectivity index (χ0) is 17.0. The van der Waals surface area contributed by atoms with Gasteiger partial charge in [-0.15, -0.1) is 5.06 Å². The number of carbonyl (C=O) groups excluding carboxylic acids is 4. The van der Waals surface area contributed by atoms with E-state index < -0.39 is 24.1 Å². The molecule has 2 fully saturated rings. The molecule has 23 heavy (non-hydrogen) atoms. The number of amides is 4. The van der Waals surface area contributed by atoms with Gasteiger partial charge in [-0.3, -0.25) is 19.7 Å². The van der Waals surface area contributed by atoms with Gasteiger partial charge >= 0.3 is 6.09 Å². The summed E-state index contributed by atoms with van der Waals surface area (Å²) in [4.78, 5) is 51.5. The molecule has 4 amide bonds. The molecule has 9 heteroatoms. The van der Waals surface area contributed by atoms with E-state index in [-0.39, 0.29) is 30.7 Å². The molecule has 0 aliphatic carbocycles. The van der Waals surface area contributed by atoms with Gasteiger partial charge in [0.25, 0.3) is 11.8 Å². The van der Waals surface area contributed by atoms with E-state index in [0.717, 1.165) is 19.4 Å². The first-order chi connectivity index (χ1) is 10.9. The van der Waals surface area contributed by atoms with E-state index >= 15 is 0 Å². The molecule has 9 nitrogen and oxygen atoms in total. The van der Waals surface area contributed by atoms with Crippen LogP contribution in [0.3, 0.4) is 0 Å². The third-order valence-corrected chi connectivity index (χ3v) is 3.79. The predicted molar refractivity (Wildman–Crippen MR) is 78.5 cm³/mol. The van der Waals surface area contributed by atoms with Crippen molar-refractivity contribution in [1.82, 2.24) is 21.0 Å². The second-order valence-electron chi connectivity index (χ2n) is 5.98. The summed E-state index contributed by atoms with van der Waals surface area (Å²) < 4.78 is 0. The Balaban J connectivity index is 1.88. The van der Waals surface area contributed by atoms with Gasteiger partial charge in [0.2, 0.25) is 5.91 Å². The van der Waals surface area contributed by atoms with Crippen LogP contribution in [0, 0.1) is 5.92 Å². The fourth-order valence-corrected chi connectivity index (χ4v) is 2.43. The highest BCUT2D eigenvalue weighted by atomic mass is 16.7. The molecule has 2 saturated heterocycles. The largest absolute Gasteiger partial charge is 0.433 e. The molecule has 128 valence electrons. The van der Waals surface area contributed by atoms with Crippen molar-refractivity contribution in [3.8, 4) is 0 Å². The smallest absolute Gasteiger partial charge is 0.334 e. The standard InChI is InChI=1S/C14H22N4O5/c1-8(2)12(16-13(21)9-4-3-7-15-9)17-14(22)23-18-10(19)5-6-11(18)20/h8-9,12,15H,3-7H2,1-2H3,(H,16,21)(H,17,22)/t9-,12+/m0/s1. The molecule has 0 aromatic carbocycles. The highest BCUT2D eigenvalue weighted by Crippen LogP contribution is 2.12. The Labute approximate surface area is 134 Å². The van der Waals surface area contributed by atoms with Crippen molar-refractivity contribution in [2.45, 2.75) is 51.7 Å². The molecular weight excluding hydrogens is 304 g/mol. The maximum absolute atomic E-state index is 12.1. The summed E-state index contributed by atoms with van der Waals surface area (Å²) in [6.45, 7) is 4.43. The number of carbonyl (C=O) groups is 4. The van der Waals surface area contributed by atoms with Crippen LogP contribution in [0.15, 0.2) is 0 Å². The van der Waals surface area contributed by atoms with Gasteiger partial charge in [0.1, 0.15) is 6.17 Å². The van der Waals surface area contributed by atoms with Gasteiger partial charge in [-0.1, -0.05) is 13.8 Å². The van der Waals surface area contributed by atoms with Crippen molar-refractivity contribution >= 4 is 23.8 Å². The number of imide groups is 1. The number of hydroxylamine groups is 2. The van der Waals surface area contributed by atoms with Gasteiger partial charge < -0.3 is 15.5 Å². The van der Waals surface area contributed by atoms with Crippen molar-refractivity contribution in [3.63, 3.8) is 0 Å². The summed E-state index contributed by atoms with van der Waals surface area (Å²) in [6, 6.07) is -0.268. The monoisotopic (exact) mass is 326 g/mol. The minimum absolute atomic E-state index is 0.0316. The van der Waals surface area contributed by atoms with Gasteiger partial charge in [-0.25, -0.2) is 4.79 Å². The number of nitrogens with zero attached hydrogens (tertiary/aromatic N) is 1. The lowest BCUT2D eigenvalue weighted by Crippen LogP contribution is -2.55. The second kappa shape index (κ2) is 7.40. The van der Waals surface area contributed by atoms with Crippen molar-refractivity contribution in [3.05, 3.63) is 0 Å². The van der Waals surface area contributed by atoms with E-state index in [1.54, 1.807) is 0 Å². The number of rotatable bonds is 5. The summed E-state index contributed by atoms with van der Waals surface area (Å²) >= 11 is 0. The summed E-state index contributed by atoms with van der Waals surface area (Å²) in [5, 5.41) is 8.74. The summed E-state index contributed by atoms with van der Waals surface area (Å²) in [5.41, 5.74) is 0. The van der Waals surface area contributed by atoms with Crippen LogP contribution in [0.1, 0.15) is 39.5 Å². The number of nitrogens with one attached hydrogen (secondary N) is 3. The van der Waals surface area contributed by atoms with Crippen LogP contribution in [-0.4, -0.2) is 47.6 Å². The second-order valence-corrected chi connectivity index (χ2v) is 5.98. The van der Waals surface area contributed by atoms with Crippen molar-refractivity contribution in [2.24, 2.45) is 5.92 Å². The first-order valence-corrected chi connectivity index (χ1v) is 7.76. The van der Waals surface area contributed by atoms with Crippen LogP contribution in [0.4, 0.5) is 4.79 Å². The maximum atomic E-state index is 12.1. The minimum Gasteiger partial charge on any atom is -0.334 e. The van der Waals surface area contributed by atoms with Crippen molar-refractivity contribution in [2.75, 3.05) is 6.54 Å². The Kier molecular flexibility index (Phi) is 5.54. The third kappa shape index (κ3) is 4.41. The maximum Gasteiger partial charge on any atom is 0.433 e. The number of hydrogen-bond donors (Lipinski definition) is 3. The van der Waals surface area contributed by atoms with Gasteiger partial charge in [-0.05, 0) is 25.3 Å². The minimum atomic E-state index is -0.952. The summed E-state index contributed by atoms with van der Waals surface area (Å²) in [7, 11) is 0. The van der Waals surface area contributed by atoms with Gasteiger partial charge in [0, 0.05) is 12.8 Å². The Bertz CT molecular complexity index is 485. The average Bonchev–Trinajstić information content (AvgIpc) is 3.12. The SMILES string of the molecule is CC(C)[C@@H](NC(=O)ON1C(=O)CCC1=O)NC(=O)[C@@H]1CCCN1. The summed E-state index contributed by atoms with van der Waals surface area (Å²) in [6.07, 6.45) is 0.127. The summed E-state index contributed by atoms with van der Waals surface area (Å²) in [5.74, 6) is -1.40. The molecule has 0 spiro atoms. The van der Waals surface area contributed by atoms with Gasteiger partial charge in [0.05, 0.1) is 6.04 Å². The van der Waals surface area contributed by atoms with E-state index in [1.165, 1.54) is 0 Å². The Morgan fingerprint density at radius 3 is 2.39 bits per heavy atom. The highest BCUT2D eigenvalue weighted by Gasteiger charge is 2.34. The van der Waals surface area contributed by atoms with Crippen molar-refractivity contribution in [1.29, 1.82) is 0 Å². The quantitative estimate of drug-likeness (QED) is 0.469. The normalized spacial score (nSPS) is 22.4. The first-order valence-electron chi connectivity index (χ1n) is 7.76. The topological polar surface area (TPSA) is 117 Å². The third-order valence-electron chi connectivity index (χ3n) is 3.79. The Morgan fingerprint density at radius 2 is 1.87 bits per heavy atom. The molecule has 0 aromatic rings. The van der Waals surface area contributed by atoms with Crippen LogP contribution >= 0.6 is 0 Å². The predicted octanol–water partition coefficient (Wildman–Crippen LogP) is -0.373. The molecule has 2 aliphatic heterocycles. The molecule has 0 saturated carbocycles. The van der Waals surface area contributed by atoms with Gasteiger partial charge in [-0.2, -0.15) is 0 Å². The zero-order valence-corrected chi connectivity index (χ0v) is 13.3. The first kappa shape index (κ1) is 17.2. The molecule has 2 atom stereocenters. The van der Waals surface area contributed by atoms with E-state index in [4.69, 9.17) is 4.84 Å². The van der Waals surface area contributed by atoms with Crippen LogP contribution in [-0.2, 0) is 19.2 Å². The molecule has 2 rings (SSSR count). The fourth-order valence-electron chi connectivity index (χ4n) is 2.43. The lowest BCUT2D eigenvalue weighted by molar-refractivity contribution is -0.171. The van der Waals surface area contributed by atoms with Gasteiger partial charge in [0.15, 0.2) is 0 Å². The molecule has 0 radical (unpaired) electrons. The van der Waals surface area contributed by atoms with Crippen LogP contribution in [0.25, 0.3) is 0 Å². The van der Waals surface area contributed by atoms with Crippen molar-refractivity contribution < 1.29 is 24.0 Å². The molecule has 3 N–H and O–H groups in total. The zero-order valence-electron chi connectivity index (χ0n) is 13.3. The molecule has 0 aromatic heterocycles. The van der Waals surface area contributed by atoms with E-state index in [9.17, 15) is 19.2 Å². The highest BCUT2D eigenvalue weighted by molar-refractivity contribution is 6.01. The lowest BCUT2D eigenvalue weighted by atomic mass is 10.1. The molecule has 2 aliphatic rings. The molecule has 2 heterocycles. The molecule has 0 unspecified atom stereocenters. The average molecular weight is 326 g/mol. The van der Waals surface area contributed by atoms with Crippen LogP contribution < -0.4 is 16.0 Å². The van der Waals surface area contributed by atoms with E-state index in [1.807, 2.05) is 13.8 Å². The van der Waals surface area contributed by atoms with Crippen LogP contribution in [0.2, 0.25) is 0 Å². The van der Waals surface area contributed by atoms with Crippen LogP contribution in [0.5, 0.6) is 0 Å². The number of hydrogen-bond acceptors (Lipinski definition) is 6. The molecule has 0 bridgehead atoms. The molecular formula is C14H22N4O5. The lowest BCUT2D eigenvalue weighted by Gasteiger charge is -2.25. The van der Waals surface area contributed by atoms with E-state index in [2.05, 4.69) is 16.0 Å². The Hall–Kier alpha value is -2.16. The Morgan fingerprint density at radius 1 is 1.22 bits per heavy atom. The van der Waals surface area contributed by atoms with E-state index in [0.29, 0.717) is 5.06 Å².